The molecule has 0 aliphatic rings. The first-order valence-corrected chi connectivity index (χ1v) is 11.1. The Kier molecular flexibility index (Phi) is 5.69. The number of carbonyl (C=O) groups is 1. The molecule has 2 aromatic carbocycles. The lowest BCUT2D eigenvalue weighted by Crippen LogP contribution is -2.16. The molecule has 2 heterocycles. The van der Waals surface area contributed by atoms with Crippen LogP contribution in [0.3, 0.4) is 0 Å². The quantitative estimate of drug-likeness (QED) is 0.458. The average molecular weight is 449 g/mol. The van der Waals surface area contributed by atoms with Crippen molar-refractivity contribution in [2.24, 2.45) is 0 Å². The summed E-state index contributed by atoms with van der Waals surface area (Å²) in [5, 5.41) is 6.46. The number of hydrogen-bond donors (Lipinski definition) is 2. The number of aryl methyl sites for hydroxylation is 2. The van der Waals surface area contributed by atoms with Gasteiger partial charge in [-0.15, -0.1) is 0 Å². The maximum atomic E-state index is 12.6. The van der Waals surface area contributed by atoms with E-state index in [1.165, 1.54) is 30.3 Å². The second-order valence-corrected chi connectivity index (χ2v) is 8.68. The molecule has 4 rings (SSSR count). The Morgan fingerprint density at radius 3 is 2.22 bits per heavy atom. The Bertz CT molecular complexity index is 1350. The van der Waals surface area contributed by atoms with E-state index < -0.39 is 15.9 Å². The van der Waals surface area contributed by atoms with E-state index in [-0.39, 0.29) is 16.5 Å². The van der Waals surface area contributed by atoms with E-state index in [1.54, 1.807) is 19.9 Å². The van der Waals surface area contributed by atoms with Crippen molar-refractivity contribution in [3.8, 4) is 11.3 Å². The molecular formula is C22H19N5O4S. The lowest BCUT2D eigenvalue weighted by molar-refractivity contribution is 0.101. The van der Waals surface area contributed by atoms with Crippen molar-refractivity contribution in [3.63, 3.8) is 0 Å². The van der Waals surface area contributed by atoms with Crippen molar-refractivity contribution in [3.05, 3.63) is 83.8 Å². The van der Waals surface area contributed by atoms with Crippen LogP contribution in [0.25, 0.3) is 11.3 Å². The summed E-state index contributed by atoms with van der Waals surface area (Å²) in [6.07, 6.45) is 0. The van der Waals surface area contributed by atoms with Gasteiger partial charge < -0.3 is 9.84 Å². The number of carbonyl (C=O) groups excluding carboxylic acids is 1. The molecule has 0 saturated heterocycles. The Morgan fingerprint density at radius 1 is 0.906 bits per heavy atom. The number of sulfonamides is 1. The fourth-order valence-electron chi connectivity index (χ4n) is 2.98. The highest BCUT2D eigenvalue weighted by atomic mass is 32.2. The summed E-state index contributed by atoms with van der Waals surface area (Å²) in [5.74, 6) is -0.00898. The molecule has 0 atom stereocenters. The zero-order chi connectivity index (χ0) is 22.7. The standard InChI is InChI=1S/C22H19N5O4S/c1-14-12-15(2)24-22(23-14)27-32(29,30)18-10-8-17(9-11-18)25-21(28)19-13-20(31-26-19)16-6-4-3-5-7-16/h3-13H,1-2H3,(H,25,28)(H,23,24,27). The van der Waals surface area contributed by atoms with E-state index in [1.807, 2.05) is 30.3 Å². The number of amides is 1. The maximum absolute atomic E-state index is 12.6. The number of benzene rings is 2. The molecule has 162 valence electrons. The van der Waals surface area contributed by atoms with Crippen LogP contribution in [0.15, 0.2) is 76.1 Å². The number of aromatic nitrogens is 3. The van der Waals surface area contributed by atoms with Gasteiger partial charge in [0.15, 0.2) is 11.5 Å². The van der Waals surface area contributed by atoms with Crippen LogP contribution in [0, 0.1) is 13.8 Å². The Morgan fingerprint density at radius 2 is 1.56 bits per heavy atom. The molecule has 0 spiro atoms. The van der Waals surface area contributed by atoms with E-state index >= 15 is 0 Å². The van der Waals surface area contributed by atoms with E-state index in [0.29, 0.717) is 22.8 Å². The monoisotopic (exact) mass is 449 g/mol. The molecule has 0 aliphatic carbocycles. The molecule has 0 bridgehead atoms. The van der Waals surface area contributed by atoms with Gasteiger partial charge in [-0.25, -0.2) is 23.1 Å². The van der Waals surface area contributed by atoms with Crippen molar-refractivity contribution >= 4 is 27.6 Å². The van der Waals surface area contributed by atoms with Gasteiger partial charge in [-0.3, -0.25) is 4.79 Å². The van der Waals surface area contributed by atoms with Crippen LogP contribution in [-0.4, -0.2) is 29.4 Å². The minimum Gasteiger partial charge on any atom is -0.355 e. The van der Waals surface area contributed by atoms with E-state index in [4.69, 9.17) is 4.52 Å². The molecule has 0 saturated carbocycles. The smallest absolute Gasteiger partial charge is 0.277 e. The predicted molar refractivity (Wildman–Crippen MR) is 119 cm³/mol. The van der Waals surface area contributed by atoms with Crippen molar-refractivity contribution in [1.82, 2.24) is 15.1 Å². The summed E-state index contributed by atoms with van der Waals surface area (Å²) < 4.78 is 32.8. The Hall–Kier alpha value is -4.05. The number of hydrogen-bond acceptors (Lipinski definition) is 7. The molecule has 2 aromatic heterocycles. The summed E-state index contributed by atoms with van der Waals surface area (Å²) >= 11 is 0. The van der Waals surface area contributed by atoms with Gasteiger partial charge in [0, 0.05) is 28.7 Å². The molecule has 9 nitrogen and oxygen atoms in total. The SMILES string of the molecule is Cc1cc(C)nc(NS(=O)(=O)c2ccc(NC(=O)c3cc(-c4ccccc4)on3)cc2)n1. The zero-order valence-electron chi connectivity index (χ0n) is 17.2. The third-order valence-electron chi connectivity index (χ3n) is 4.43. The molecular weight excluding hydrogens is 430 g/mol. The van der Waals surface area contributed by atoms with Crippen LogP contribution in [-0.2, 0) is 10.0 Å². The van der Waals surface area contributed by atoms with E-state index in [0.717, 1.165) is 5.56 Å². The first-order chi connectivity index (χ1) is 15.3. The number of anilines is 2. The van der Waals surface area contributed by atoms with Gasteiger partial charge in [0.05, 0.1) is 4.90 Å². The minimum absolute atomic E-state index is 0.000122. The molecule has 0 radical (unpaired) electrons. The largest absolute Gasteiger partial charge is 0.355 e. The van der Waals surface area contributed by atoms with Crippen LogP contribution in [0.5, 0.6) is 0 Å². The van der Waals surface area contributed by atoms with Gasteiger partial charge in [-0.2, -0.15) is 0 Å². The predicted octanol–water partition coefficient (Wildman–Crippen LogP) is 3.80. The fraction of sp³-hybridized carbons (Fsp3) is 0.0909. The Balaban J connectivity index is 1.45. The molecule has 0 unspecified atom stereocenters. The summed E-state index contributed by atoms with van der Waals surface area (Å²) in [6.45, 7) is 3.50. The van der Waals surface area contributed by atoms with Gasteiger partial charge in [0.2, 0.25) is 5.95 Å². The second kappa shape index (κ2) is 8.60. The van der Waals surface area contributed by atoms with Gasteiger partial charge >= 0.3 is 0 Å². The molecule has 4 aromatic rings. The number of nitrogens with zero attached hydrogens (tertiary/aromatic N) is 3. The highest BCUT2D eigenvalue weighted by molar-refractivity contribution is 7.92. The van der Waals surface area contributed by atoms with Crippen LogP contribution in [0.1, 0.15) is 21.9 Å². The van der Waals surface area contributed by atoms with Crippen LogP contribution < -0.4 is 10.0 Å². The molecule has 10 heteroatoms. The van der Waals surface area contributed by atoms with E-state index in [2.05, 4.69) is 25.2 Å². The highest BCUT2D eigenvalue weighted by Crippen LogP contribution is 2.21. The average Bonchev–Trinajstić information content (AvgIpc) is 3.24. The summed E-state index contributed by atoms with van der Waals surface area (Å²) in [4.78, 5) is 20.6. The van der Waals surface area contributed by atoms with Crippen LogP contribution >= 0.6 is 0 Å². The number of nitrogens with one attached hydrogen (secondary N) is 2. The van der Waals surface area contributed by atoms with Crippen LogP contribution in [0.2, 0.25) is 0 Å². The normalized spacial score (nSPS) is 11.2. The lowest BCUT2D eigenvalue weighted by Gasteiger charge is -2.09. The van der Waals surface area contributed by atoms with Crippen molar-refractivity contribution < 1.29 is 17.7 Å². The van der Waals surface area contributed by atoms with Gasteiger partial charge in [-0.05, 0) is 44.2 Å². The molecule has 0 fully saturated rings. The summed E-state index contributed by atoms with van der Waals surface area (Å²) in [6, 6.07) is 18.3. The Labute approximate surface area is 184 Å². The third kappa shape index (κ3) is 4.81. The first kappa shape index (κ1) is 21.2. The maximum Gasteiger partial charge on any atom is 0.277 e. The zero-order valence-corrected chi connectivity index (χ0v) is 18.1. The van der Waals surface area contributed by atoms with E-state index in [9.17, 15) is 13.2 Å². The van der Waals surface area contributed by atoms with Crippen LogP contribution in [0.4, 0.5) is 11.6 Å². The van der Waals surface area contributed by atoms with Gasteiger partial charge in [-0.1, -0.05) is 35.5 Å². The molecule has 32 heavy (non-hydrogen) atoms. The van der Waals surface area contributed by atoms with Gasteiger partial charge in [0.25, 0.3) is 15.9 Å². The molecule has 0 aliphatic heterocycles. The topological polar surface area (TPSA) is 127 Å². The lowest BCUT2D eigenvalue weighted by atomic mass is 10.1. The highest BCUT2D eigenvalue weighted by Gasteiger charge is 2.17. The second-order valence-electron chi connectivity index (χ2n) is 7.00. The fourth-order valence-corrected chi connectivity index (χ4v) is 3.93. The third-order valence-corrected chi connectivity index (χ3v) is 5.78. The van der Waals surface area contributed by atoms with Crippen molar-refractivity contribution in [2.45, 2.75) is 18.7 Å². The van der Waals surface area contributed by atoms with Gasteiger partial charge in [0.1, 0.15) is 0 Å². The van der Waals surface area contributed by atoms with Crippen molar-refractivity contribution in [1.29, 1.82) is 0 Å². The summed E-state index contributed by atoms with van der Waals surface area (Å²) in [7, 11) is -3.89. The molecule has 2 N–H and O–H groups in total. The molecule has 1 amide bonds. The first-order valence-electron chi connectivity index (χ1n) is 9.59. The van der Waals surface area contributed by atoms with Crippen molar-refractivity contribution in [2.75, 3.05) is 10.0 Å². The number of rotatable bonds is 6. The summed E-state index contributed by atoms with van der Waals surface area (Å²) in [5.41, 5.74) is 2.61. The minimum atomic E-state index is -3.89.